The standard InChI is InChI=1S/C14H17N2O6.C2H6/c1-14(2,3)22-13(19)15-7-9-8(11(15)17)5-6-16(20)10(9)12(18)21-4;1-2/h5-6,20H,7H2,1-4H3;1-2H3/q+1;. The highest BCUT2D eigenvalue weighted by molar-refractivity contribution is 6.08. The molecule has 2 rings (SSSR count). The molecule has 0 bridgehead atoms. The Labute approximate surface area is 140 Å². The van der Waals surface area contributed by atoms with Crippen molar-refractivity contribution in [3.63, 3.8) is 0 Å². The molecule has 1 aromatic heterocycles. The number of nitrogens with zero attached hydrogens (tertiary/aromatic N) is 2. The van der Waals surface area contributed by atoms with E-state index in [-0.39, 0.29) is 23.4 Å². The molecule has 1 aliphatic heterocycles. The van der Waals surface area contributed by atoms with E-state index in [2.05, 4.69) is 4.74 Å². The van der Waals surface area contributed by atoms with E-state index >= 15 is 0 Å². The zero-order chi connectivity index (χ0) is 18.7. The quantitative estimate of drug-likeness (QED) is 0.477. The van der Waals surface area contributed by atoms with Gasteiger partial charge >= 0.3 is 17.8 Å². The van der Waals surface area contributed by atoms with Crippen molar-refractivity contribution in [1.29, 1.82) is 0 Å². The normalized spacial score (nSPS) is 12.9. The molecule has 0 unspecified atom stereocenters. The van der Waals surface area contributed by atoms with E-state index in [1.54, 1.807) is 20.8 Å². The van der Waals surface area contributed by atoms with Crippen LogP contribution >= 0.6 is 0 Å². The largest absolute Gasteiger partial charge is 0.461 e. The van der Waals surface area contributed by atoms with Crippen molar-refractivity contribution < 1.29 is 33.8 Å². The minimum Gasteiger partial charge on any atom is -0.461 e. The number of carbonyl (C=O) groups excluding carboxylic acids is 3. The maximum Gasteiger partial charge on any atom is 0.417 e. The molecule has 0 fully saturated rings. The summed E-state index contributed by atoms with van der Waals surface area (Å²) in [5.74, 6) is -1.40. The van der Waals surface area contributed by atoms with Gasteiger partial charge in [-0.15, -0.1) is 0 Å². The minimum atomic E-state index is -0.811. The van der Waals surface area contributed by atoms with E-state index in [0.29, 0.717) is 4.73 Å². The van der Waals surface area contributed by atoms with E-state index in [1.165, 1.54) is 6.07 Å². The van der Waals surface area contributed by atoms with Crippen LogP contribution in [0.2, 0.25) is 0 Å². The Balaban J connectivity index is 0.00000139. The molecule has 24 heavy (non-hydrogen) atoms. The highest BCUT2D eigenvalue weighted by Gasteiger charge is 2.42. The Morgan fingerprint density at radius 3 is 2.38 bits per heavy atom. The van der Waals surface area contributed by atoms with Crippen LogP contribution in [0.4, 0.5) is 4.79 Å². The van der Waals surface area contributed by atoms with Crippen LogP contribution in [0.5, 0.6) is 0 Å². The summed E-state index contributed by atoms with van der Waals surface area (Å²) in [5, 5.41) is 9.74. The van der Waals surface area contributed by atoms with Gasteiger partial charge < -0.3 is 9.47 Å². The van der Waals surface area contributed by atoms with Gasteiger partial charge in [-0.3, -0.25) is 10.0 Å². The third kappa shape index (κ3) is 3.81. The van der Waals surface area contributed by atoms with E-state index in [9.17, 15) is 19.6 Å². The summed E-state index contributed by atoms with van der Waals surface area (Å²) in [7, 11) is 1.16. The number of imide groups is 1. The number of hydrogen-bond donors (Lipinski definition) is 1. The maximum absolute atomic E-state index is 12.3. The third-order valence-corrected chi connectivity index (χ3v) is 3.01. The average Bonchev–Trinajstić information content (AvgIpc) is 2.84. The van der Waals surface area contributed by atoms with Crippen LogP contribution < -0.4 is 4.73 Å². The maximum atomic E-state index is 12.3. The number of amides is 2. The van der Waals surface area contributed by atoms with E-state index in [1.807, 2.05) is 13.8 Å². The van der Waals surface area contributed by atoms with Crippen molar-refractivity contribution in [2.75, 3.05) is 7.11 Å². The molecule has 1 N–H and O–H groups in total. The summed E-state index contributed by atoms with van der Waals surface area (Å²) >= 11 is 0. The molecule has 2 amide bonds. The number of aromatic nitrogens is 1. The lowest BCUT2D eigenvalue weighted by Gasteiger charge is -2.23. The molecule has 2 heterocycles. The second kappa shape index (κ2) is 7.29. The van der Waals surface area contributed by atoms with E-state index in [0.717, 1.165) is 18.2 Å². The molecule has 1 aromatic rings. The number of carbonyl (C=O) groups is 3. The number of pyridine rings is 1. The molecular formula is C16H23N2O6+. The fourth-order valence-electron chi connectivity index (χ4n) is 2.10. The summed E-state index contributed by atoms with van der Waals surface area (Å²) in [4.78, 5) is 37.0. The Kier molecular flexibility index (Phi) is 5.89. The SMILES string of the molecule is CC.COC(=O)c1c2c(cc[n+]1O)C(=O)N(C(=O)OC(C)(C)C)C2. The van der Waals surface area contributed by atoms with Gasteiger partial charge in [-0.05, 0) is 20.8 Å². The van der Waals surface area contributed by atoms with Crippen LogP contribution in [-0.2, 0) is 16.0 Å². The number of rotatable bonds is 1. The summed E-state index contributed by atoms with van der Waals surface area (Å²) in [5.41, 5.74) is -0.586. The zero-order valence-electron chi connectivity index (χ0n) is 14.7. The Hall–Kier alpha value is -2.64. The topological polar surface area (TPSA) is 97.0 Å². The van der Waals surface area contributed by atoms with E-state index < -0.39 is 23.6 Å². The Bertz CT molecular complexity index is 663. The van der Waals surface area contributed by atoms with Gasteiger partial charge in [0.2, 0.25) is 6.20 Å². The van der Waals surface area contributed by atoms with Crippen molar-refractivity contribution in [3.05, 3.63) is 29.1 Å². The number of ether oxygens (including phenoxy) is 2. The fourth-order valence-corrected chi connectivity index (χ4v) is 2.10. The Morgan fingerprint density at radius 1 is 1.29 bits per heavy atom. The first kappa shape index (κ1) is 19.4. The van der Waals surface area contributed by atoms with Crippen molar-refractivity contribution in [1.82, 2.24) is 4.90 Å². The van der Waals surface area contributed by atoms with Crippen LogP contribution in [-0.4, -0.2) is 40.8 Å². The van der Waals surface area contributed by atoms with E-state index in [4.69, 9.17) is 4.74 Å². The average molecular weight is 339 g/mol. The van der Waals surface area contributed by atoms with Crippen LogP contribution in [0.15, 0.2) is 12.3 Å². The smallest absolute Gasteiger partial charge is 0.417 e. The predicted molar refractivity (Wildman–Crippen MR) is 82.6 cm³/mol. The predicted octanol–water partition coefficient (Wildman–Crippen LogP) is 1.92. The van der Waals surface area contributed by atoms with Gasteiger partial charge in [0.25, 0.3) is 5.91 Å². The van der Waals surface area contributed by atoms with Crippen LogP contribution in [0.1, 0.15) is 61.0 Å². The first-order valence-electron chi connectivity index (χ1n) is 7.55. The number of fused-ring (bicyclic) bond motifs is 1. The van der Waals surface area contributed by atoms with Crippen LogP contribution in [0.3, 0.4) is 0 Å². The number of hydrogen-bond acceptors (Lipinski definition) is 6. The molecule has 0 aromatic carbocycles. The highest BCUT2D eigenvalue weighted by atomic mass is 16.6. The Morgan fingerprint density at radius 2 is 1.88 bits per heavy atom. The molecule has 132 valence electrons. The highest BCUT2D eigenvalue weighted by Crippen LogP contribution is 2.26. The lowest BCUT2D eigenvalue weighted by Crippen LogP contribution is -2.39. The molecule has 0 saturated heterocycles. The molecule has 0 aliphatic carbocycles. The van der Waals surface area contributed by atoms with Gasteiger partial charge in [0.1, 0.15) is 5.60 Å². The molecule has 0 atom stereocenters. The van der Waals surface area contributed by atoms with Crippen LogP contribution in [0, 0.1) is 0 Å². The molecule has 0 radical (unpaired) electrons. The van der Waals surface area contributed by atoms with Crippen molar-refractivity contribution >= 4 is 18.0 Å². The molecule has 0 spiro atoms. The zero-order valence-corrected chi connectivity index (χ0v) is 14.7. The van der Waals surface area contributed by atoms with Gasteiger partial charge in [-0.1, -0.05) is 13.8 Å². The van der Waals surface area contributed by atoms with Crippen molar-refractivity contribution in [2.45, 2.75) is 46.8 Å². The van der Waals surface area contributed by atoms with Gasteiger partial charge in [0, 0.05) is 10.8 Å². The molecule has 0 saturated carbocycles. The number of esters is 1. The third-order valence-electron chi connectivity index (χ3n) is 3.01. The lowest BCUT2D eigenvalue weighted by atomic mass is 10.1. The number of methoxy groups -OCH3 is 1. The molecule has 8 heteroatoms. The second-order valence-corrected chi connectivity index (χ2v) is 5.76. The summed E-state index contributed by atoms with van der Waals surface area (Å²) in [6.07, 6.45) is 0.329. The monoisotopic (exact) mass is 339 g/mol. The van der Waals surface area contributed by atoms with Gasteiger partial charge in [-0.2, -0.15) is 0 Å². The van der Waals surface area contributed by atoms with Crippen molar-refractivity contribution in [2.24, 2.45) is 0 Å². The summed E-state index contributed by atoms with van der Waals surface area (Å²) in [6, 6.07) is 1.33. The summed E-state index contributed by atoms with van der Waals surface area (Å²) < 4.78 is 10.3. The second-order valence-electron chi connectivity index (χ2n) is 5.76. The van der Waals surface area contributed by atoms with Gasteiger partial charge in [-0.25, -0.2) is 14.5 Å². The lowest BCUT2D eigenvalue weighted by molar-refractivity contribution is -0.906. The first-order valence-corrected chi connectivity index (χ1v) is 7.55. The fraction of sp³-hybridized carbons (Fsp3) is 0.500. The molecule has 8 nitrogen and oxygen atoms in total. The molecule has 1 aliphatic rings. The van der Waals surface area contributed by atoms with Crippen molar-refractivity contribution in [3.8, 4) is 0 Å². The van der Waals surface area contributed by atoms with Gasteiger partial charge in [0.15, 0.2) is 0 Å². The first-order chi connectivity index (χ1) is 11.2. The summed E-state index contributed by atoms with van der Waals surface area (Å²) in [6.45, 7) is 8.87. The van der Waals surface area contributed by atoms with Crippen LogP contribution in [0.25, 0.3) is 0 Å². The minimum absolute atomic E-state index is 0.150. The van der Waals surface area contributed by atoms with Gasteiger partial charge in [0.05, 0.1) is 24.8 Å². The molecular weight excluding hydrogens is 316 g/mol.